The van der Waals surface area contributed by atoms with Crippen molar-refractivity contribution in [1.29, 1.82) is 0 Å². The van der Waals surface area contributed by atoms with Crippen molar-refractivity contribution in [3.63, 3.8) is 0 Å². The first-order chi connectivity index (χ1) is 6.02. The Hall–Kier alpha value is -0.980. The summed E-state index contributed by atoms with van der Waals surface area (Å²) in [4.78, 5) is 0. The zero-order valence-corrected chi connectivity index (χ0v) is 8.96. The zero-order valence-electron chi connectivity index (χ0n) is 8.96. The predicted molar refractivity (Wildman–Crippen MR) is 59.0 cm³/mol. The fourth-order valence-electron chi connectivity index (χ4n) is 1.04. The van der Waals surface area contributed by atoms with Gasteiger partial charge in [-0.1, -0.05) is 32.0 Å². The van der Waals surface area contributed by atoms with Crippen LogP contribution in [0.5, 0.6) is 0 Å². The minimum atomic E-state index is 0.154. The van der Waals surface area contributed by atoms with Gasteiger partial charge < -0.3 is 5.32 Å². The van der Waals surface area contributed by atoms with E-state index in [1.807, 2.05) is 6.07 Å². The molecule has 13 heavy (non-hydrogen) atoms. The molecule has 0 fully saturated rings. The highest BCUT2D eigenvalue weighted by Crippen LogP contribution is 2.21. The fraction of sp³-hybridized carbons (Fsp3) is 0.500. The van der Waals surface area contributed by atoms with E-state index in [0.29, 0.717) is 5.92 Å². The van der Waals surface area contributed by atoms with Crippen molar-refractivity contribution in [1.82, 2.24) is 0 Å². The van der Waals surface area contributed by atoms with Crippen molar-refractivity contribution in [2.24, 2.45) is 5.92 Å². The summed E-state index contributed by atoms with van der Waals surface area (Å²) in [5, 5.41) is 3.52. The van der Waals surface area contributed by atoms with E-state index < -0.39 is 0 Å². The number of para-hydroxylation sites is 1. The van der Waals surface area contributed by atoms with Crippen molar-refractivity contribution in [2.75, 3.05) is 5.32 Å². The summed E-state index contributed by atoms with van der Waals surface area (Å²) in [5.41, 5.74) is 1.35. The predicted octanol–water partition coefficient (Wildman–Crippen LogP) is 3.53. The summed E-state index contributed by atoms with van der Waals surface area (Å²) < 4.78 is 0. The van der Waals surface area contributed by atoms with E-state index >= 15 is 0 Å². The quantitative estimate of drug-likeness (QED) is 0.744. The molecule has 0 atom stereocenters. The van der Waals surface area contributed by atoms with E-state index in [-0.39, 0.29) is 5.54 Å². The topological polar surface area (TPSA) is 12.0 Å². The Kier molecular flexibility index (Phi) is 2.97. The minimum absolute atomic E-state index is 0.154. The molecule has 0 aromatic heterocycles. The van der Waals surface area contributed by atoms with Gasteiger partial charge in [-0.2, -0.15) is 0 Å². The molecule has 0 unspecified atom stereocenters. The molecule has 0 saturated carbocycles. The van der Waals surface area contributed by atoms with Gasteiger partial charge >= 0.3 is 0 Å². The largest absolute Gasteiger partial charge is 0.380 e. The van der Waals surface area contributed by atoms with Gasteiger partial charge in [-0.25, -0.2) is 0 Å². The summed E-state index contributed by atoms with van der Waals surface area (Å²) >= 11 is 0. The average Bonchev–Trinajstić information content (AvgIpc) is 2.05. The van der Waals surface area contributed by atoms with Crippen LogP contribution >= 0.6 is 0 Å². The van der Waals surface area contributed by atoms with Crippen LogP contribution in [0.1, 0.15) is 27.7 Å². The maximum Gasteiger partial charge on any atom is 0.0344 e. The second-order valence-electron chi connectivity index (χ2n) is 4.37. The molecule has 0 radical (unpaired) electrons. The molecule has 1 heteroatoms. The summed E-state index contributed by atoms with van der Waals surface area (Å²) in [5.74, 6) is 0.618. The highest BCUT2D eigenvalue weighted by atomic mass is 15.0. The van der Waals surface area contributed by atoms with E-state index in [4.69, 9.17) is 0 Å². The van der Waals surface area contributed by atoms with Gasteiger partial charge in [-0.05, 0) is 31.9 Å². The monoisotopic (exact) mass is 177 g/mol. The molecule has 72 valence electrons. The summed E-state index contributed by atoms with van der Waals surface area (Å²) in [6.07, 6.45) is 0. The second-order valence-corrected chi connectivity index (χ2v) is 4.37. The normalized spacial score (nSPS) is 11.8. The smallest absolute Gasteiger partial charge is 0.0344 e. The first-order valence-electron chi connectivity index (χ1n) is 4.85. The lowest BCUT2D eigenvalue weighted by Gasteiger charge is -2.31. The van der Waals surface area contributed by atoms with E-state index in [0.717, 1.165) is 0 Å². The molecule has 1 aromatic carbocycles. The second kappa shape index (κ2) is 3.82. The third kappa shape index (κ3) is 2.76. The minimum Gasteiger partial charge on any atom is -0.380 e. The lowest BCUT2D eigenvalue weighted by molar-refractivity contribution is 0.407. The van der Waals surface area contributed by atoms with Crippen LogP contribution < -0.4 is 5.32 Å². The third-order valence-corrected chi connectivity index (χ3v) is 2.68. The maximum atomic E-state index is 3.52. The molecule has 0 bridgehead atoms. The molecule has 0 aliphatic carbocycles. The Bertz CT molecular complexity index is 249. The van der Waals surface area contributed by atoms with Gasteiger partial charge in [-0.3, -0.25) is 0 Å². The molecule has 1 N–H and O–H groups in total. The molecule has 1 rings (SSSR count). The Morgan fingerprint density at radius 2 is 1.62 bits per heavy atom. The van der Waals surface area contributed by atoms with Crippen molar-refractivity contribution in [2.45, 2.75) is 33.2 Å². The lowest BCUT2D eigenvalue weighted by Crippen LogP contribution is -2.36. The van der Waals surface area contributed by atoms with E-state index in [1.54, 1.807) is 0 Å². The number of rotatable bonds is 3. The number of hydrogen-bond acceptors (Lipinski definition) is 1. The molecule has 1 nitrogen and oxygen atoms in total. The highest BCUT2D eigenvalue weighted by Gasteiger charge is 2.21. The third-order valence-electron chi connectivity index (χ3n) is 2.68. The van der Waals surface area contributed by atoms with Crippen molar-refractivity contribution in [3.05, 3.63) is 30.3 Å². The highest BCUT2D eigenvalue weighted by molar-refractivity contribution is 5.44. The molecule has 1 aromatic rings. The van der Waals surface area contributed by atoms with Crippen LogP contribution in [0.15, 0.2) is 30.3 Å². The fourth-order valence-corrected chi connectivity index (χ4v) is 1.04. The first-order valence-corrected chi connectivity index (χ1v) is 4.85. The SMILES string of the molecule is CC(C)C(C)(C)Nc1ccccc1. The van der Waals surface area contributed by atoms with Gasteiger partial charge in [0.25, 0.3) is 0 Å². The Morgan fingerprint density at radius 1 is 1.08 bits per heavy atom. The van der Waals surface area contributed by atoms with Crippen LogP contribution in [-0.4, -0.2) is 5.54 Å². The van der Waals surface area contributed by atoms with Crippen LogP contribution in [-0.2, 0) is 0 Å². The summed E-state index contributed by atoms with van der Waals surface area (Å²) in [7, 11) is 0. The van der Waals surface area contributed by atoms with Crippen LogP contribution in [0.3, 0.4) is 0 Å². The van der Waals surface area contributed by atoms with Crippen LogP contribution in [0.4, 0.5) is 5.69 Å². The first kappa shape index (κ1) is 10.1. The van der Waals surface area contributed by atoms with Crippen LogP contribution in [0.25, 0.3) is 0 Å². The molecule has 0 heterocycles. The molecule has 0 amide bonds. The molecular weight excluding hydrogens is 158 g/mol. The Morgan fingerprint density at radius 3 is 2.08 bits per heavy atom. The van der Waals surface area contributed by atoms with Gasteiger partial charge in [0.1, 0.15) is 0 Å². The number of anilines is 1. The number of nitrogens with one attached hydrogen (secondary N) is 1. The van der Waals surface area contributed by atoms with E-state index in [1.165, 1.54) is 5.69 Å². The molecular formula is C12H19N. The number of hydrogen-bond donors (Lipinski definition) is 1. The Balaban J connectivity index is 2.69. The van der Waals surface area contributed by atoms with Gasteiger partial charge in [0.15, 0.2) is 0 Å². The summed E-state index contributed by atoms with van der Waals surface area (Å²) in [6, 6.07) is 10.3. The van der Waals surface area contributed by atoms with Gasteiger partial charge in [0.2, 0.25) is 0 Å². The summed E-state index contributed by atoms with van der Waals surface area (Å²) in [6.45, 7) is 8.92. The average molecular weight is 177 g/mol. The van der Waals surface area contributed by atoms with E-state index in [9.17, 15) is 0 Å². The standard InChI is InChI=1S/C12H19N/c1-10(2)12(3,4)13-11-8-6-5-7-9-11/h5-10,13H,1-4H3. The number of benzene rings is 1. The van der Waals surface area contributed by atoms with Gasteiger partial charge in [-0.15, -0.1) is 0 Å². The molecule has 0 aliphatic heterocycles. The van der Waals surface area contributed by atoms with Crippen LogP contribution in [0.2, 0.25) is 0 Å². The van der Waals surface area contributed by atoms with Gasteiger partial charge in [0.05, 0.1) is 0 Å². The lowest BCUT2D eigenvalue weighted by atomic mass is 9.90. The molecule has 0 spiro atoms. The van der Waals surface area contributed by atoms with Crippen molar-refractivity contribution < 1.29 is 0 Å². The maximum absolute atomic E-state index is 3.52. The van der Waals surface area contributed by atoms with E-state index in [2.05, 4.69) is 57.3 Å². The molecule has 0 aliphatic rings. The van der Waals surface area contributed by atoms with Crippen LogP contribution in [0, 0.1) is 5.92 Å². The van der Waals surface area contributed by atoms with Crippen molar-refractivity contribution in [3.8, 4) is 0 Å². The van der Waals surface area contributed by atoms with Gasteiger partial charge in [0, 0.05) is 11.2 Å². The van der Waals surface area contributed by atoms with Crippen molar-refractivity contribution >= 4 is 5.69 Å². The zero-order chi connectivity index (χ0) is 9.90. The Labute approximate surface area is 81.2 Å². The molecule has 0 saturated heterocycles.